The van der Waals surface area contributed by atoms with E-state index in [0.717, 1.165) is 15.6 Å². The number of hydrogen-bond donors (Lipinski definition) is 1. The van der Waals surface area contributed by atoms with Crippen LogP contribution >= 0.6 is 15.9 Å². The number of benzene rings is 2. The van der Waals surface area contributed by atoms with Crippen molar-refractivity contribution in [2.75, 3.05) is 6.54 Å². The summed E-state index contributed by atoms with van der Waals surface area (Å²) in [6.07, 6.45) is 0. The van der Waals surface area contributed by atoms with Crippen molar-refractivity contribution in [3.05, 3.63) is 69.9 Å². The molecule has 0 spiro atoms. The summed E-state index contributed by atoms with van der Waals surface area (Å²) in [7, 11) is 0. The number of nitriles is 1. The van der Waals surface area contributed by atoms with Crippen LogP contribution in [0.4, 0.5) is 4.39 Å². The highest BCUT2D eigenvalue weighted by Gasteiger charge is 2.10. The fourth-order valence-corrected chi connectivity index (χ4v) is 2.34. The molecule has 2 nitrogen and oxygen atoms in total. The van der Waals surface area contributed by atoms with E-state index in [9.17, 15) is 9.65 Å². The Labute approximate surface area is 126 Å². The van der Waals surface area contributed by atoms with E-state index in [4.69, 9.17) is 0 Å². The van der Waals surface area contributed by atoms with Crippen LogP contribution in [0.1, 0.15) is 17.0 Å². The monoisotopic (exact) mass is 332 g/mol. The van der Waals surface area contributed by atoms with Gasteiger partial charge < -0.3 is 5.32 Å². The van der Waals surface area contributed by atoms with Gasteiger partial charge in [0.1, 0.15) is 5.82 Å². The molecule has 0 amide bonds. The van der Waals surface area contributed by atoms with Gasteiger partial charge in [0.2, 0.25) is 0 Å². The first-order valence-corrected chi connectivity index (χ1v) is 7.09. The largest absolute Gasteiger partial charge is 0.311 e. The lowest BCUT2D eigenvalue weighted by Gasteiger charge is -2.11. The molecule has 0 bridgehead atoms. The molecule has 1 unspecified atom stereocenters. The summed E-state index contributed by atoms with van der Waals surface area (Å²) in [5, 5.41) is 12.4. The molecule has 0 heterocycles. The third-order valence-electron chi connectivity index (χ3n) is 3.03. The Kier molecular flexibility index (Phi) is 5.28. The van der Waals surface area contributed by atoms with Gasteiger partial charge in [-0.25, -0.2) is 4.39 Å². The molecular formula is C16H14BrFN2. The average molecular weight is 333 g/mol. The summed E-state index contributed by atoms with van der Waals surface area (Å²) in [6, 6.07) is 16.5. The molecule has 2 aromatic rings. The zero-order valence-corrected chi connectivity index (χ0v) is 12.4. The molecular weight excluding hydrogens is 319 g/mol. The van der Waals surface area contributed by atoms with Crippen LogP contribution in [0.15, 0.2) is 53.0 Å². The highest BCUT2D eigenvalue weighted by atomic mass is 79.9. The smallest absolute Gasteiger partial charge is 0.123 e. The predicted molar refractivity (Wildman–Crippen MR) is 80.6 cm³/mol. The maximum Gasteiger partial charge on any atom is 0.123 e. The Balaban J connectivity index is 1.95. The van der Waals surface area contributed by atoms with E-state index < -0.39 is 0 Å². The summed E-state index contributed by atoms with van der Waals surface area (Å²) < 4.78 is 14.0. The Bertz CT molecular complexity index is 608. The van der Waals surface area contributed by atoms with Crippen LogP contribution in [0.25, 0.3) is 0 Å². The van der Waals surface area contributed by atoms with Gasteiger partial charge in [-0.15, -0.1) is 0 Å². The summed E-state index contributed by atoms with van der Waals surface area (Å²) >= 11 is 3.39. The summed E-state index contributed by atoms with van der Waals surface area (Å²) in [4.78, 5) is 0. The van der Waals surface area contributed by atoms with Crippen LogP contribution in [0.3, 0.4) is 0 Å². The molecule has 0 saturated carbocycles. The van der Waals surface area contributed by atoms with Gasteiger partial charge in [0, 0.05) is 17.6 Å². The Hall–Kier alpha value is -1.70. The second kappa shape index (κ2) is 7.18. The second-order valence-corrected chi connectivity index (χ2v) is 5.31. The van der Waals surface area contributed by atoms with E-state index in [1.165, 1.54) is 12.1 Å². The van der Waals surface area contributed by atoms with Crippen LogP contribution in [0, 0.1) is 17.1 Å². The van der Waals surface area contributed by atoms with Crippen LogP contribution in [-0.4, -0.2) is 6.54 Å². The third-order valence-corrected chi connectivity index (χ3v) is 3.80. The van der Waals surface area contributed by atoms with Gasteiger partial charge in [-0.05, 0) is 29.3 Å². The van der Waals surface area contributed by atoms with Gasteiger partial charge >= 0.3 is 0 Å². The van der Waals surface area contributed by atoms with Crippen molar-refractivity contribution in [3.63, 3.8) is 0 Å². The molecule has 20 heavy (non-hydrogen) atoms. The van der Waals surface area contributed by atoms with Crippen molar-refractivity contribution in [1.82, 2.24) is 5.32 Å². The van der Waals surface area contributed by atoms with Crippen LogP contribution in [0.2, 0.25) is 0 Å². The number of nitrogens with one attached hydrogen (secondary N) is 1. The molecule has 2 rings (SSSR count). The zero-order chi connectivity index (χ0) is 14.4. The van der Waals surface area contributed by atoms with E-state index in [1.807, 2.05) is 30.3 Å². The normalized spacial score (nSPS) is 11.8. The van der Waals surface area contributed by atoms with Crippen molar-refractivity contribution in [2.24, 2.45) is 0 Å². The Morgan fingerprint density at radius 2 is 1.95 bits per heavy atom. The molecule has 0 saturated heterocycles. The molecule has 4 heteroatoms. The molecule has 2 aromatic carbocycles. The lowest BCUT2D eigenvalue weighted by Crippen LogP contribution is -2.20. The number of halogens is 2. The third kappa shape index (κ3) is 3.89. The fraction of sp³-hybridized carbons (Fsp3) is 0.188. The summed E-state index contributed by atoms with van der Waals surface area (Å²) in [6.45, 7) is 1.05. The average Bonchev–Trinajstić information content (AvgIpc) is 2.48. The first kappa shape index (κ1) is 14.7. The molecule has 1 atom stereocenters. The van der Waals surface area contributed by atoms with Gasteiger partial charge in [-0.1, -0.05) is 46.3 Å². The molecule has 0 aliphatic heterocycles. The Morgan fingerprint density at radius 1 is 1.20 bits per heavy atom. The van der Waals surface area contributed by atoms with E-state index in [2.05, 4.69) is 27.3 Å². The van der Waals surface area contributed by atoms with Crippen LogP contribution in [0.5, 0.6) is 0 Å². The SMILES string of the molecule is N#CC(CNCc1cc(F)ccc1Br)c1ccccc1. The molecule has 0 fully saturated rings. The van der Waals surface area contributed by atoms with Crippen molar-refractivity contribution >= 4 is 15.9 Å². The number of nitrogens with zero attached hydrogens (tertiary/aromatic N) is 1. The first-order valence-electron chi connectivity index (χ1n) is 6.30. The van der Waals surface area contributed by atoms with Gasteiger partial charge in [-0.3, -0.25) is 0 Å². The fourth-order valence-electron chi connectivity index (χ4n) is 1.95. The minimum absolute atomic E-state index is 0.205. The van der Waals surface area contributed by atoms with Crippen molar-refractivity contribution in [3.8, 4) is 6.07 Å². The minimum Gasteiger partial charge on any atom is -0.311 e. The molecule has 0 aliphatic rings. The molecule has 0 aliphatic carbocycles. The number of hydrogen-bond acceptors (Lipinski definition) is 2. The van der Waals surface area contributed by atoms with Crippen LogP contribution in [-0.2, 0) is 6.54 Å². The number of rotatable bonds is 5. The Morgan fingerprint density at radius 3 is 2.65 bits per heavy atom. The lowest BCUT2D eigenvalue weighted by molar-refractivity contribution is 0.615. The summed E-state index contributed by atoms with van der Waals surface area (Å²) in [5.74, 6) is -0.464. The minimum atomic E-state index is -0.259. The van der Waals surface area contributed by atoms with Gasteiger partial charge in [0.05, 0.1) is 12.0 Å². The van der Waals surface area contributed by atoms with E-state index in [0.29, 0.717) is 13.1 Å². The predicted octanol–water partition coefficient (Wildman–Crippen LogP) is 3.99. The van der Waals surface area contributed by atoms with Gasteiger partial charge in [0.15, 0.2) is 0 Å². The topological polar surface area (TPSA) is 35.8 Å². The second-order valence-electron chi connectivity index (χ2n) is 4.46. The van der Waals surface area contributed by atoms with Crippen molar-refractivity contribution < 1.29 is 4.39 Å². The highest BCUT2D eigenvalue weighted by molar-refractivity contribution is 9.10. The highest BCUT2D eigenvalue weighted by Crippen LogP contribution is 2.18. The lowest BCUT2D eigenvalue weighted by atomic mass is 10.0. The molecule has 102 valence electrons. The molecule has 0 aromatic heterocycles. The maximum absolute atomic E-state index is 13.2. The molecule has 1 N–H and O–H groups in total. The molecule has 0 radical (unpaired) electrons. The van der Waals surface area contributed by atoms with Crippen molar-refractivity contribution in [2.45, 2.75) is 12.5 Å². The summed E-state index contributed by atoms with van der Waals surface area (Å²) in [5.41, 5.74) is 1.83. The first-order chi connectivity index (χ1) is 9.70. The van der Waals surface area contributed by atoms with Gasteiger partial charge in [0.25, 0.3) is 0 Å². The quantitative estimate of drug-likeness (QED) is 0.898. The van der Waals surface area contributed by atoms with Crippen LogP contribution < -0.4 is 5.32 Å². The zero-order valence-electron chi connectivity index (χ0n) is 10.8. The van der Waals surface area contributed by atoms with E-state index >= 15 is 0 Å². The van der Waals surface area contributed by atoms with Crippen molar-refractivity contribution in [1.29, 1.82) is 5.26 Å². The van der Waals surface area contributed by atoms with E-state index in [1.54, 1.807) is 6.07 Å². The van der Waals surface area contributed by atoms with Gasteiger partial charge in [-0.2, -0.15) is 5.26 Å². The maximum atomic E-state index is 13.2. The standard InChI is InChI=1S/C16H14BrFN2/c17-16-7-6-15(18)8-13(16)10-20-11-14(9-19)12-4-2-1-3-5-12/h1-8,14,20H,10-11H2. The van der Waals surface area contributed by atoms with E-state index in [-0.39, 0.29) is 11.7 Å².